The molecule has 14 nitrogen and oxygen atoms in total. The summed E-state index contributed by atoms with van der Waals surface area (Å²) >= 11 is 0. The molecular weight excluding hydrogens is 1000 g/mol. The van der Waals surface area contributed by atoms with E-state index in [9.17, 15) is 0 Å². The molecule has 9 unspecified atom stereocenters. The first-order valence-electron chi connectivity index (χ1n) is 32.3. The van der Waals surface area contributed by atoms with Crippen molar-refractivity contribution in [2.45, 2.75) is 238 Å². The number of anilines is 2. The van der Waals surface area contributed by atoms with Crippen molar-refractivity contribution in [3.05, 3.63) is 71.6 Å². The van der Waals surface area contributed by atoms with Gasteiger partial charge in [-0.2, -0.15) is 0 Å². The van der Waals surface area contributed by atoms with Gasteiger partial charge in [-0.3, -0.25) is 25.8 Å². The molecule has 452 valence electrons. The van der Waals surface area contributed by atoms with E-state index in [1.54, 1.807) is 0 Å². The lowest BCUT2D eigenvalue weighted by Gasteiger charge is -2.54. The highest BCUT2D eigenvalue weighted by atomic mass is 16.5. The number of likely N-dealkylation sites (tertiary alicyclic amines) is 2. The number of benzene rings is 2. The van der Waals surface area contributed by atoms with Gasteiger partial charge in [0.1, 0.15) is 17.9 Å². The van der Waals surface area contributed by atoms with Crippen molar-refractivity contribution in [2.24, 2.45) is 33.6 Å². The van der Waals surface area contributed by atoms with Gasteiger partial charge in [-0.25, -0.2) is 4.99 Å². The molecule has 0 bridgehead atoms. The van der Waals surface area contributed by atoms with Gasteiger partial charge in [0, 0.05) is 90.9 Å². The third kappa shape index (κ3) is 13.0. The van der Waals surface area contributed by atoms with Gasteiger partial charge < -0.3 is 40.5 Å². The molecule has 0 saturated carbocycles. The maximum Gasteiger partial charge on any atom is 0.175 e. The summed E-state index contributed by atoms with van der Waals surface area (Å²) in [6, 6.07) is 19.5. The summed E-state index contributed by atoms with van der Waals surface area (Å²) in [7, 11) is 6.57. The van der Waals surface area contributed by atoms with E-state index >= 15 is 0 Å². The van der Waals surface area contributed by atoms with Gasteiger partial charge in [0.15, 0.2) is 6.29 Å². The molecule has 2 aromatic carbocycles. The molecule has 8 heterocycles. The molecule has 7 N–H and O–H groups in total. The van der Waals surface area contributed by atoms with E-state index in [4.69, 9.17) is 14.5 Å². The van der Waals surface area contributed by atoms with E-state index in [0.717, 1.165) is 96.6 Å². The second-order valence-corrected chi connectivity index (χ2v) is 30.4. The van der Waals surface area contributed by atoms with Crippen LogP contribution in [0.15, 0.2) is 65.4 Å². The maximum absolute atomic E-state index is 7.19. The Hall–Kier alpha value is -3.31. The molecule has 13 atom stereocenters. The molecule has 0 aliphatic carbocycles. The number of hydrogen-bond donors (Lipinski definition) is 7. The molecule has 0 amide bonds. The Labute approximate surface area is 491 Å². The Bertz CT molecular complexity index is 2460. The summed E-state index contributed by atoms with van der Waals surface area (Å²) in [5.41, 5.74) is 4.53. The molecule has 0 radical (unpaired) electrons. The number of amidine groups is 1. The smallest absolute Gasteiger partial charge is 0.175 e. The fourth-order valence-electron chi connectivity index (χ4n) is 16.3. The second-order valence-electron chi connectivity index (χ2n) is 30.4. The van der Waals surface area contributed by atoms with Gasteiger partial charge in [-0.1, -0.05) is 112 Å². The van der Waals surface area contributed by atoms with E-state index < -0.39 is 0 Å². The van der Waals surface area contributed by atoms with Crippen LogP contribution in [0.1, 0.15) is 178 Å². The van der Waals surface area contributed by atoms with Gasteiger partial charge in [-0.15, -0.1) is 0 Å². The molecule has 2 aromatic rings. The Morgan fingerprint density at radius 1 is 0.753 bits per heavy atom. The van der Waals surface area contributed by atoms with E-state index in [-0.39, 0.29) is 75.8 Å². The standard InChI is InChI=1S/C67H112N12O2/c1-16-17-18-19-20-21-35-77-59-52(40-70-61(77)73-49-32-28-47(29-33-49)63(5,6)7)66(12)43-80-64(8,9)37-54(66)79(59)57-34-25-45(53(74-57)41-68-13)36-67-44-81-65(10,11)38-55(67)78(56-24-22-23-50(71-56)42-76(14)15)58-51(67)39-69-60(75-58)72-48-30-26-46(27-31-48)62(2,3)4/h24,26-33,45,50-55,57,59-61,68-74H,16-23,25,34-44H2,1-15H3/t45?,50?,51?,52?,53?,54-,55+,57?,59?,60?,61?,66-,67+/m0/s1. The maximum atomic E-state index is 7.19. The second kappa shape index (κ2) is 24.2. The molecule has 6 fully saturated rings. The minimum absolute atomic E-state index is 0.00560. The van der Waals surface area contributed by atoms with Gasteiger partial charge in [-0.05, 0) is 158 Å². The van der Waals surface area contributed by atoms with Gasteiger partial charge in [0.05, 0.1) is 36.7 Å². The number of nitrogens with one attached hydrogen (secondary N) is 7. The van der Waals surface area contributed by atoms with E-state index in [1.165, 1.54) is 67.0 Å². The number of nitrogens with zero attached hydrogens (tertiary/aromatic N) is 5. The number of fused-ring (bicyclic) bond motifs is 6. The van der Waals surface area contributed by atoms with Crippen LogP contribution in [0.2, 0.25) is 0 Å². The zero-order valence-electron chi connectivity index (χ0n) is 53.2. The molecule has 14 heteroatoms. The topological polar surface area (TPSA) is 128 Å². The van der Waals surface area contributed by atoms with Gasteiger partial charge >= 0.3 is 0 Å². The fourth-order valence-corrected chi connectivity index (χ4v) is 16.3. The molecule has 6 saturated heterocycles. The summed E-state index contributed by atoms with van der Waals surface area (Å²) < 4.78 is 14.1. The normalized spacial score (nSPS) is 35.1. The van der Waals surface area contributed by atoms with Crippen molar-refractivity contribution in [1.29, 1.82) is 0 Å². The van der Waals surface area contributed by atoms with Crippen LogP contribution in [-0.2, 0) is 20.3 Å². The highest BCUT2D eigenvalue weighted by molar-refractivity contribution is 5.91. The SMILES string of the molecule is CCCCCCCCN1C(Nc2ccc(C(C)(C)C)cc2)NCC2C1N(C1CCC(C[C@]34COC(C)(C)C[C@H]3N(C3=CCCC(CN(C)C)N3)C3=NC(Nc5ccc(C(C)(C)C)cc5)NCC34)C(CNC)N1)[C@H]1CC(C)(C)OC[C@@]21C. The molecule has 81 heavy (non-hydrogen) atoms. The van der Waals surface area contributed by atoms with E-state index in [0.29, 0.717) is 23.9 Å². The lowest BCUT2D eigenvalue weighted by molar-refractivity contribution is -0.152. The number of rotatable bonds is 19. The van der Waals surface area contributed by atoms with Gasteiger partial charge in [0.2, 0.25) is 0 Å². The average molecular weight is 1120 g/mol. The number of likely N-dealkylation sites (N-methyl/N-ethyl adjacent to an activating group) is 2. The highest BCUT2D eigenvalue weighted by Gasteiger charge is 2.66. The van der Waals surface area contributed by atoms with Crippen molar-refractivity contribution >= 4 is 17.2 Å². The Morgan fingerprint density at radius 3 is 2.05 bits per heavy atom. The van der Waals surface area contributed by atoms with Crippen LogP contribution in [-0.4, -0.2) is 153 Å². The quantitative estimate of drug-likeness (QED) is 0.0676. The predicted molar refractivity (Wildman–Crippen MR) is 335 cm³/mol. The van der Waals surface area contributed by atoms with Crippen LogP contribution in [0.25, 0.3) is 0 Å². The molecular formula is C67H112N12O2. The summed E-state index contributed by atoms with van der Waals surface area (Å²) in [6.07, 6.45) is 17.9. The van der Waals surface area contributed by atoms with Crippen molar-refractivity contribution in [3.63, 3.8) is 0 Å². The lowest BCUT2D eigenvalue weighted by atomic mass is 9.62. The third-order valence-electron chi connectivity index (χ3n) is 20.9. The molecule has 0 spiro atoms. The van der Waals surface area contributed by atoms with Crippen molar-refractivity contribution in [2.75, 3.05) is 77.7 Å². The van der Waals surface area contributed by atoms with Crippen LogP contribution in [0.3, 0.4) is 0 Å². The number of ether oxygens (including phenoxy) is 2. The zero-order chi connectivity index (χ0) is 57.7. The minimum Gasteiger partial charge on any atom is -0.375 e. The largest absolute Gasteiger partial charge is 0.375 e. The number of aliphatic imine (C=N–C) groups is 1. The lowest BCUT2D eigenvalue weighted by Crippen LogP contribution is -2.70. The van der Waals surface area contributed by atoms with Crippen LogP contribution >= 0.6 is 0 Å². The molecule has 0 aromatic heterocycles. The van der Waals surface area contributed by atoms with Gasteiger partial charge in [0.25, 0.3) is 0 Å². The van der Waals surface area contributed by atoms with E-state index in [2.05, 4.69) is 216 Å². The van der Waals surface area contributed by atoms with Crippen LogP contribution in [0.4, 0.5) is 11.4 Å². The summed E-state index contributed by atoms with van der Waals surface area (Å²) in [6.45, 7) is 34.3. The minimum atomic E-state index is -0.270. The van der Waals surface area contributed by atoms with Crippen molar-refractivity contribution in [1.82, 2.24) is 46.2 Å². The highest BCUT2D eigenvalue weighted by Crippen LogP contribution is 2.58. The fraction of sp³-hybridized carbons (Fsp3) is 0.776. The Balaban J connectivity index is 0.973. The zero-order valence-corrected chi connectivity index (χ0v) is 53.2. The number of unbranched alkanes of at least 4 members (excludes halogenated alkanes) is 5. The summed E-state index contributed by atoms with van der Waals surface area (Å²) in [4.78, 5) is 16.8. The predicted octanol–water partition coefficient (Wildman–Crippen LogP) is 10.4. The van der Waals surface area contributed by atoms with Crippen LogP contribution in [0.5, 0.6) is 0 Å². The molecule has 8 aliphatic heterocycles. The Morgan fingerprint density at radius 2 is 1.40 bits per heavy atom. The first kappa shape index (κ1) is 60.8. The molecule has 10 rings (SSSR count). The van der Waals surface area contributed by atoms with Crippen LogP contribution in [0, 0.1) is 28.6 Å². The summed E-state index contributed by atoms with van der Waals surface area (Å²) in [5, 5.41) is 28.5. The first-order chi connectivity index (χ1) is 38.4. The van der Waals surface area contributed by atoms with Crippen molar-refractivity contribution in [3.8, 4) is 0 Å². The van der Waals surface area contributed by atoms with Crippen LogP contribution < -0.4 is 37.2 Å². The number of hydrogen-bond acceptors (Lipinski definition) is 14. The van der Waals surface area contributed by atoms with E-state index in [1.807, 2.05) is 0 Å². The monoisotopic (exact) mass is 1120 g/mol. The summed E-state index contributed by atoms with van der Waals surface area (Å²) in [5.74, 6) is 3.50. The number of allylic oxidation sites excluding steroid dienone is 1. The first-order valence-corrected chi connectivity index (χ1v) is 32.3. The average Bonchev–Trinajstić information content (AvgIpc) is 2.38. The van der Waals surface area contributed by atoms with Crippen molar-refractivity contribution < 1.29 is 9.47 Å². The third-order valence-corrected chi connectivity index (χ3v) is 20.9. The molecule has 8 aliphatic rings. The number of piperidine rings is 1. The Kier molecular flexibility index (Phi) is 18.2.